The molecule has 0 heterocycles. The van der Waals surface area contributed by atoms with Crippen molar-refractivity contribution in [3.63, 3.8) is 0 Å². The average Bonchev–Trinajstić information content (AvgIpc) is 2.32. The Kier molecular flexibility index (Phi) is 3.17. The summed E-state index contributed by atoms with van der Waals surface area (Å²) in [5, 5.41) is 11.2. The highest BCUT2D eigenvalue weighted by Gasteiger charge is 2.70. The minimum absolute atomic E-state index is 0.0260. The Labute approximate surface area is 134 Å². The molecular weight excluding hydrogens is 276 g/mol. The maximum atomic E-state index is 12.7. The molecule has 4 bridgehead atoms. The summed E-state index contributed by atoms with van der Waals surface area (Å²) in [6, 6.07) is 0. The molecule has 0 aromatic heterocycles. The predicted octanol–water partition coefficient (Wildman–Crippen LogP) is 4.08. The quantitative estimate of drug-likeness (QED) is 0.799. The summed E-state index contributed by atoms with van der Waals surface area (Å²) in [4.78, 5) is 12.7. The first-order chi connectivity index (χ1) is 9.88. The Balaban J connectivity index is 1.97. The van der Waals surface area contributed by atoms with E-state index in [9.17, 15) is 9.90 Å². The topological polar surface area (TPSA) is 46.5 Å². The zero-order chi connectivity index (χ0) is 16.6. The van der Waals surface area contributed by atoms with E-state index in [1.807, 2.05) is 20.8 Å². The third kappa shape index (κ3) is 2.15. The van der Waals surface area contributed by atoms with Gasteiger partial charge in [-0.2, -0.15) is 0 Å². The van der Waals surface area contributed by atoms with Crippen LogP contribution in [0.25, 0.3) is 0 Å². The third-order valence-corrected chi connectivity index (χ3v) is 7.10. The first-order valence-corrected chi connectivity index (χ1v) is 8.84. The second kappa shape index (κ2) is 4.28. The lowest BCUT2D eigenvalue weighted by molar-refractivity contribution is -0.293. The Morgan fingerprint density at radius 2 is 1.64 bits per heavy atom. The number of hydrogen-bond donors (Lipinski definition) is 1. The molecule has 0 aromatic carbocycles. The van der Waals surface area contributed by atoms with Crippen LogP contribution >= 0.6 is 0 Å². The largest absolute Gasteiger partial charge is 0.458 e. The summed E-state index contributed by atoms with van der Waals surface area (Å²) >= 11 is 0. The van der Waals surface area contributed by atoms with Crippen LogP contribution in [0.3, 0.4) is 0 Å². The van der Waals surface area contributed by atoms with Gasteiger partial charge < -0.3 is 9.84 Å². The van der Waals surface area contributed by atoms with E-state index in [2.05, 4.69) is 20.8 Å². The number of hydrogen-bond acceptors (Lipinski definition) is 3. The van der Waals surface area contributed by atoms with Crippen molar-refractivity contribution in [2.45, 2.75) is 91.3 Å². The molecule has 0 radical (unpaired) electrons. The Bertz CT molecular complexity index is 489. The number of aliphatic hydroxyl groups is 1. The van der Waals surface area contributed by atoms with Crippen LogP contribution in [0, 0.1) is 22.2 Å². The summed E-state index contributed by atoms with van der Waals surface area (Å²) in [5.74, 6) is -0.0716. The van der Waals surface area contributed by atoms with Crippen LogP contribution in [0.4, 0.5) is 0 Å². The van der Waals surface area contributed by atoms with Crippen molar-refractivity contribution in [2.75, 3.05) is 0 Å². The molecule has 4 fully saturated rings. The summed E-state index contributed by atoms with van der Waals surface area (Å²) in [6.45, 7) is 12.6. The fraction of sp³-hybridized carbons (Fsp3) is 0.947. The molecule has 3 atom stereocenters. The van der Waals surface area contributed by atoms with Gasteiger partial charge in [-0.1, -0.05) is 27.7 Å². The van der Waals surface area contributed by atoms with Crippen LogP contribution in [-0.4, -0.2) is 22.3 Å². The van der Waals surface area contributed by atoms with Gasteiger partial charge in [0.25, 0.3) is 0 Å². The molecule has 4 aliphatic rings. The van der Waals surface area contributed by atoms with Crippen molar-refractivity contribution < 1.29 is 14.6 Å². The fourth-order valence-electron chi connectivity index (χ4n) is 6.18. The van der Waals surface area contributed by atoms with Crippen LogP contribution in [-0.2, 0) is 9.53 Å². The van der Waals surface area contributed by atoms with E-state index >= 15 is 0 Å². The van der Waals surface area contributed by atoms with Gasteiger partial charge in [-0.05, 0) is 63.2 Å². The van der Waals surface area contributed by atoms with Gasteiger partial charge in [0.2, 0.25) is 0 Å². The highest BCUT2D eigenvalue weighted by atomic mass is 16.6. The van der Waals surface area contributed by atoms with E-state index in [1.54, 1.807) is 0 Å². The van der Waals surface area contributed by atoms with Gasteiger partial charge in [0.15, 0.2) is 0 Å². The highest BCUT2D eigenvalue weighted by molar-refractivity contribution is 5.76. The van der Waals surface area contributed by atoms with Crippen molar-refractivity contribution in [2.24, 2.45) is 22.2 Å². The summed E-state index contributed by atoms with van der Waals surface area (Å²) < 4.78 is 6.22. The van der Waals surface area contributed by atoms with E-state index in [0.29, 0.717) is 0 Å². The van der Waals surface area contributed by atoms with E-state index in [1.165, 1.54) is 0 Å². The molecule has 0 spiro atoms. The zero-order valence-electron chi connectivity index (χ0n) is 15.1. The lowest BCUT2D eigenvalue weighted by Gasteiger charge is -2.70. The van der Waals surface area contributed by atoms with Crippen LogP contribution < -0.4 is 0 Å². The SMILES string of the molecule is CCC(C)(C)C(=O)OC12CC3(C)CC(C)(CC(O)(C3)C1C)C2. The molecule has 126 valence electrons. The first kappa shape index (κ1) is 16.3. The maximum absolute atomic E-state index is 12.7. The molecule has 4 rings (SSSR count). The van der Waals surface area contributed by atoms with Gasteiger partial charge in [0, 0.05) is 5.92 Å². The number of carbonyl (C=O) groups is 1. The standard InChI is InChI=1S/C19H32O3/c1-7-15(3,4)14(20)22-19-11-16(5)8-17(6,12-19)10-18(21,9-16)13(19)2/h13,21H,7-12H2,1-6H3. The van der Waals surface area contributed by atoms with E-state index in [-0.39, 0.29) is 22.7 Å². The van der Waals surface area contributed by atoms with Gasteiger partial charge in [-0.15, -0.1) is 0 Å². The van der Waals surface area contributed by atoms with Crippen molar-refractivity contribution in [1.29, 1.82) is 0 Å². The van der Waals surface area contributed by atoms with E-state index in [0.717, 1.165) is 38.5 Å². The number of esters is 1. The molecule has 1 N–H and O–H groups in total. The smallest absolute Gasteiger partial charge is 0.312 e. The van der Waals surface area contributed by atoms with Gasteiger partial charge in [-0.3, -0.25) is 4.79 Å². The Morgan fingerprint density at radius 3 is 2.09 bits per heavy atom. The zero-order valence-corrected chi connectivity index (χ0v) is 15.1. The normalized spacial score (nSPS) is 50.2. The Hall–Kier alpha value is -0.570. The molecule has 3 unspecified atom stereocenters. The minimum Gasteiger partial charge on any atom is -0.458 e. The molecule has 0 aliphatic heterocycles. The monoisotopic (exact) mass is 308 g/mol. The van der Waals surface area contributed by atoms with Crippen LogP contribution in [0.5, 0.6) is 0 Å². The second-order valence-electron chi connectivity index (χ2n) is 10.0. The van der Waals surface area contributed by atoms with E-state index < -0.39 is 16.6 Å². The van der Waals surface area contributed by atoms with Crippen molar-refractivity contribution in [3.05, 3.63) is 0 Å². The van der Waals surface area contributed by atoms with Gasteiger partial charge in [0.1, 0.15) is 5.60 Å². The maximum Gasteiger partial charge on any atom is 0.312 e. The number of ether oxygens (including phenoxy) is 1. The second-order valence-corrected chi connectivity index (χ2v) is 10.0. The number of rotatable bonds is 3. The molecule has 0 saturated heterocycles. The van der Waals surface area contributed by atoms with Crippen molar-refractivity contribution >= 4 is 5.97 Å². The molecule has 0 amide bonds. The summed E-state index contributed by atoms with van der Waals surface area (Å²) in [6.07, 6.45) is 5.44. The minimum atomic E-state index is -0.672. The summed E-state index contributed by atoms with van der Waals surface area (Å²) in [5.41, 5.74) is -1.40. The lowest BCUT2D eigenvalue weighted by atomic mass is 9.39. The molecule has 4 aliphatic carbocycles. The van der Waals surface area contributed by atoms with Gasteiger partial charge in [-0.25, -0.2) is 0 Å². The predicted molar refractivity (Wildman–Crippen MR) is 86.3 cm³/mol. The van der Waals surface area contributed by atoms with Crippen LogP contribution in [0.1, 0.15) is 80.1 Å². The van der Waals surface area contributed by atoms with Gasteiger partial charge >= 0.3 is 5.97 Å². The van der Waals surface area contributed by atoms with Crippen molar-refractivity contribution in [3.8, 4) is 0 Å². The lowest BCUT2D eigenvalue weighted by Crippen LogP contribution is -2.71. The summed E-state index contributed by atoms with van der Waals surface area (Å²) in [7, 11) is 0. The highest BCUT2D eigenvalue weighted by Crippen LogP contribution is 2.70. The van der Waals surface area contributed by atoms with E-state index in [4.69, 9.17) is 4.74 Å². The van der Waals surface area contributed by atoms with Crippen LogP contribution in [0.2, 0.25) is 0 Å². The van der Waals surface area contributed by atoms with Crippen LogP contribution in [0.15, 0.2) is 0 Å². The first-order valence-electron chi connectivity index (χ1n) is 8.84. The van der Waals surface area contributed by atoms with Gasteiger partial charge in [0.05, 0.1) is 11.0 Å². The molecule has 3 nitrogen and oxygen atoms in total. The molecular formula is C19H32O3. The average molecular weight is 308 g/mol. The molecule has 4 saturated carbocycles. The fourth-order valence-corrected chi connectivity index (χ4v) is 6.18. The van der Waals surface area contributed by atoms with Crippen molar-refractivity contribution in [1.82, 2.24) is 0 Å². The molecule has 3 heteroatoms. The third-order valence-electron chi connectivity index (χ3n) is 7.10. The molecule has 22 heavy (non-hydrogen) atoms. The molecule has 0 aromatic rings. The number of carbonyl (C=O) groups excluding carboxylic acids is 1. The Morgan fingerprint density at radius 1 is 1.14 bits per heavy atom.